The third kappa shape index (κ3) is 5.10. The summed E-state index contributed by atoms with van der Waals surface area (Å²) in [4.78, 5) is 4.07. The Morgan fingerprint density at radius 3 is 2.69 bits per heavy atom. The monoisotopic (exact) mass is 424 g/mol. The van der Waals surface area contributed by atoms with Crippen LogP contribution in [-0.4, -0.2) is 23.7 Å². The molecule has 0 amide bonds. The highest BCUT2D eigenvalue weighted by Crippen LogP contribution is 2.29. The van der Waals surface area contributed by atoms with Gasteiger partial charge in [0.2, 0.25) is 0 Å². The normalized spacial score (nSPS) is 18.2. The van der Waals surface area contributed by atoms with Gasteiger partial charge in [-0.15, -0.1) is 12.4 Å². The lowest BCUT2D eigenvalue weighted by Gasteiger charge is -2.36. The van der Waals surface area contributed by atoms with E-state index in [4.69, 9.17) is 4.74 Å². The zero-order chi connectivity index (χ0) is 19.5. The van der Waals surface area contributed by atoms with Crippen molar-refractivity contribution < 1.29 is 22.6 Å². The number of halogens is 4. The summed E-state index contributed by atoms with van der Waals surface area (Å²) in [7, 11) is 0. The van der Waals surface area contributed by atoms with Crippen molar-refractivity contribution >= 4 is 23.2 Å². The Bertz CT molecular complexity index is 968. The lowest BCUT2D eigenvalue weighted by molar-refractivity contribution is -0.0500. The third-order valence-corrected chi connectivity index (χ3v) is 4.87. The molecule has 1 aromatic heterocycles. The molecular weight excluding hydrogens is 405 g/mol. The number of benzene rings is 2. The largest absolute Gasteiger partial charge is 0.490 e. The molecule has 1 heterocycles. The van der Waals surface area contributed by atoms with Crippen LogP contribution in [0, 0.1) is 5.82 Å². The van der Waals surface area contributed by atoms with Gasteiger partial charge in [-0.3, -0.25) is 4.98 Å². The maximum Gasteiger partial charge on any atom is 0.387 e. The summed E-state index contributed by atoms with van der Waals surface area (Å²) in [5.74, 6) is 0.325. The van der Waals surface area contributed by atoms with Gasteiger partial charge in [0.05, 0.1) is 0 Å². The second-order valence-electron chi connectivity index (χ2n) is 6.77. The molecule has 1 aliphatic rings. The van der Waals surface area contributed by atoms with Crippen LogP contribution in [0.15, 0.2) is 54.9 Å². The quantitative estimate of drug-likeness (QED) is 0.573. The number of fused-ring (bicyclic) bond motifs is 1. The maximum absolute atomic E-state index is 14.2. The molecule has 4 rings (SSSR count). The van der Waals surface area contributed by atoms with Crippen molar-refractivity contribution in [1.82, 2.24) is 10.3 Å². The van der Waals surface area contributed by atoms with Crippen LogP contribution in [0.3, 0.4) is 0 Å². The smallest absolute Gasteiger partial charge is 0.387 e. The van der Waals surface area contributed by atoms with Crippen molar-refractivity contribution in [3.63, 3.8) is 0 Å². The predicted molar refractivity (Wildman–Crippen MR) is 106 cm³/mol. The van der Waals surface area contributed by atoms with E-state index in [-0.39, 0.29) is 36.1 Å². The Hall–Kier alpha value is -2.51. The van der Waals surface area contributed by atoms with Crippen LogP contribution in [0.1, 0.15) is 18.4 Å². The molecule has 154 valence electrons. The standard InChI is InChI=1S/C21H19F3N2O2.ClH/c22-20-5-4-13-11-25-7-6-18(13)19(20)12-26-14-8-17(9-14)27-15-2-1-3-16(10-15)28-21(23)24;/h1-7,10-11,14,17,21,26H,8-9,12H2;1H. The van der Waals surface area contributed by atoms with Gasteiger partial charge in [0.25, 0.3) is 0 Å². The first kappa shape index (κ1) is 21.2. The topological polar surface area (TPSA) is 43.4 Å². The molecule has 0 aliphatic heterocycles. The van der Waals surface area contributed by atoms with Crippen molar-refractivity contribution in [1.29, 1.82) is 0 Å². The molecule has 4 nitrogen and oxygen atoms in total. The fraction of sp³-hybridized carbons (Fsp3) is 0.286. The second-order valence-corrected chi connectivity index (χ2v) is 6.77. The highest BCUT2D eigenvalue weighted by molar-refractivity contribution is 5.85. The van der Waals surface area contributed by atoms with E-state index in [1.807, 2.05) is 6.07 Å². The molecule has 1 fully saturated rings. The molecule has 29 heavy (non-hydrogen) atoms. The summed E-state index contributed by atoms with van der Waals surface area (Å²) in [6.07, 6.45) is 4.88. The van der Waals surface area contributed by atoms with Gasteiger partial charge in [-0.25, -0.2) is 4.39 Å². The minimum atomic E-state index is -2.86. The van der Waals surface area contributed by atoms with Gasteiger partial charge in [-0.05, 0) is 48.6 Å². The number of hydrogen-bond acceptors (Lipinski definition) is 4. The number of pyridine rings is 1. The minimum Gasteiger partial charge on any atom is -0.490 e. The van der Waals surface area contributed by atoms with Crippen molar-refractivity contribution in [2.45, 2.75) is 38.1 Å². The summed E-state index contributed by atoms with van der Waals surface area (Å²) in [6.45, 7) is -2.44. The van der Waals surface area contributed by atoms with Crippen molar-refractivity contribution in [3.05, 3.63) is 66.2 Å². The molecule has 0 atom stereocenters. The number of aromatic nitrogens is 1. The van der Waals surface area contributed by atoms with Crippen molar-refractivity contribution in [2.75, 3.05) is 0 Å². The highest BCUT2D eigenvalue weighted by atomic mass is 35.5. The number of rotatable bonds is 7. The second kappa shape index (κ2) is 9.33. The first-order valence-electron chi connectivity index (χ1n) is 9.04. The van der Waals surface area contributed by atoms with E-state index in [2.05, 4.69) is 15.0 Å². The van der Waals surface area contributed by atoms with Crippen LogP contribution in [-0.2, 0) is 6.54 Å². The molecule has 0 spiro atoms. The Morgan fingerprint density at radius 1 is 1.10 bits per heavy atom. The van der Waals surface area contributed by atoms with E-state index in [1.54, 1.807) is 30.6 Å². The van der Waals surface area contributed by atoms with Gasteiger partial charge >= 0.3 is 6.61 Å². The van der Waals surface area contributed by atoms with Crippen LogP contribution in [0.5, 0.6) is 11.5 Å². The van der Waals surface area contributed by atoms with Crippen molar-refractivity contribution in [2.24, 2.45) is 0 Å². The van der Waals surface area contributed by atoms with Gasteiger partial charge in [-0.1, -0.05) is 6.07 Å². The van der Waals surface area contributed by atoms with Crippen LogP contribution < -0.4 is 14.8 Å². The Kier molecular flexibility index (Phi) is 6.82. The summed E-state index contributed by atoms with van der Waals surface area (Å²) >= 11 is 0. The molecule has 0 bridgehead atoms. The molecule has 3 aromatic rings. The lowest BCUT2D eigenvalue weighted by Crippen LogP contribution is -2.46. The zero-order valence-electron chi connectivity index (χ0n) is 15.4. The number of ether oxygens (including phenoxy) is 2. The van der Waals surface area contributed by atoms with Gasteiger partial charge in [0.15, 0.2) is 0 Å². The fourth-order valence-electron chi connectivity index (χ4n) is 3.38. The fourth-order valence-corrected chi connectivity index (χ4v) is 3.38. The molecule has 0 unspecified atom stereocenters. The van der Waals surface area contributed by atoms with Gasteiger partial charge in [0, 0.05) is 42.0 Å². The predicted octanol–water partition coefficient (Wildman–Crippen LogP) is 5.10. The summed E-state index contributed by atoms with van der Waals surface area (Å²) in [5.41, 5.74) is 0.626. The number of nitrogens with zero attached hydrogens (tertiary/aromatic N) is 1. The van der Waals surface area contributed by atoms with E-state index in [9.17, 15) is 13.2 Å². The lowest BCUT2D eigenvalue weighted by atomic mass is 9.89. The van der Waals surface area contributed by atoms with E-state index >= 15 is 0 Å². The SMILES string of the molecule is Cl.Fc1ccc2cnccc2c1CNC1CC(Oc2cccc(OC(F)F)c2)C1. The van der Waals surface area contributed by atoms with Gasteiger partial charge in [-0.2, -0.15) is 8.78 Å². The van der Waals surface area contributed by atoms with E-state index < -0.39 is 6.61 Å². The summed E-state index contributed by atoms with van der Waals surface area (Å²) in [6, 6.07) is 11.4. The van der Waals surface area contributed by atoms with E-state index in [0.29, 0.717) is 17.9 Å². The molecule has 1 saturated carbocycles. The first-order chi connectivity index (χ1) is 13.6. The average molecular weight is 425 g/mol. The Balaban J connectivity index is 0.00000240. The number of nitrogens with one attached hydrogen (secondary N) is 1. The van der Waals surface area contributed by atoms with Crippen LogP contribution in [0.25, 0.3) is 10.8 Å². The minimum absolute atomic E-state index is 0. The van der Waals surface area contributed by atoms with Crippen LogP contribution >= 0.6 is 12.4 Å². The summed E-state index contributed by atoms with van der Waals surface area (Å²) < 4.78 is 49.0. The maximum atomic E-state index is 14.2. The summed E-state index contributed by atoms with van der Waals surface area (Å²) in [5, 5.41) is 5.11. The Labute approximate surface area is 172 Å². The molecule has 1 N–H and O–H groups in total. The third-order valence-electron chi connectivity index (χ3n) is 4.87. The molecule has 0 radical (unpaired) electrons. The van der Waals surface area contributed by atoms with Gasteiger partial charge in [0.1, 0.15) is 23.4 Å². The van der Waals surface area contributed by atoms with Crippen molar-refractivity contribution in [3.8, 4) is 11.5 Å². The number of alkyl halides is 2. The van der Waals surface area contributed by atoms with E-state index in [1.165, 1.54) is 18.2 Å². The van der Waals surface area contributed by atoms with Crippen LogP contribution in [0.4, 0.5) is 13.2 Å². The highest BCUT2D eigenvalue weighted by Gasteiger charge is 2.30. The Morgan fingerprint density at radius 2 is 1.90 bits per heavy atom. The van der Waals surface area contributed by atoms with Gasteiger partial charge < -0.3 is 14.8 Å². The average Bonchev–Trinajstić information content (AvgIpc) is 2.64. The molecular formula is C21H20ClF3N2O2. The molecule has 0 saturated heterocycles. The number of hydrogen-bond donors (Lipinski definition) is 1. The van der Waals surface area contributed by atoms with Crippen LogP contribution in [0.2, 0.25) is 0 Å². The van der Waals surface area contributed by atoms with E-state index in [0.717, 1.165) is 23.6 Å². The molecule has 2 aromatic carbocycles. The molecule has 1 aliphatic carbocycles. The zero-order valence-corrected chi connectivity index (χ0v) is 16.2. The molecule has 8 heteroatoms. The first-order valence-corrected chi connectivity index (χ1v) is 9.04.